The number of benzene rings is 3. The number of aryl methyl sites for hydroxylation is 2. The minimum atomic E-state index is -3.35. The third kappa shape index (κ3) is 25.1. The van der Waals surface area contributed by atoms with Crippen molar-refractivity contribution in [3.05, 3.63) is 139 Å². The first kappa shape index (κ1) is 81.0. The molecule has 0 spiro atoms. The first-order chi connectivity index (χ1) is 42.9. The van der Waals surface area contributed by atoms with Crippen molar-refractivity contribution in [2.45, 2.75) is 105 Å². The molecule has 8 rings (SSSR count). The maximum atomic E-state index is 13.5. The number of halogens is 6. The van der Waals surface area contributed by atoms with Crippen LogP contribution in [0.4, 0.5) is 19.0 Å². The molecule has 5 heterocycles. The summed E-state index contributed by atoms with van der Waals surface area (Å²) in [4.78, 5) is 34.0. The van der Waals surface area contributed by atoms with Gasteiger partial charge in [0.15, 0.2) is 26.4 Å². The standard InChI is InChI=1S/C17H19BrFN5O5S.C17H22BrFN4O4S.C10H3BrFN5O5.C7H17NO2S.Na.H2O/c1-10(2)23-30(26,27)8-4-3-5-14-15(21-29-20-14)16-22-28-17(25)24(16)11-6-7-13(19)12(18)9-11;1-11(2)23-28(25,26)8-4-3-5-15-17(22-27-21-15)16(20-24)10-12-6-7-14(19)13(18)9-12;11-5-3-4(1-2-6(5)12)16-8(14-21-10(16)18)7-9(17(19)20)15-22-13-7;1-7(2)6-11(9,10)5-3-4-8;;/h6-7,9-10,23H,3-5,8H2,1-2H3;6-7,9,11,23-24H,3-5,8,10H2,1-2H3;1-3H;7H,3-6,8H2,1-2H3;;1H2/q;;;;+1;/p-1/b;20-16+;;;;. The quantitative estimate of drug-likeness (QED) is 0.0138. The number of oxime groups is 1. The van der Waals surface area contributed by atoms with Gasteiger partial charge in [0.2, 0.25) is 31.7 Å². The molecule has 0 amide bonds. The van der Waals surface area contributed by atoms with Crippen molar-refractivity contribution in [1.82, 2.24) is 59.8 Å². The van der Waals surface area contributed by atoms with Crippen molar-refractivity contribution in [2.75, 3.05) is 29.6 Å². The number of nitro groups is 1. The third-order valence-electron chi connectivity index (χ3n) is 11.7. The molecule has 0 unspecified atom stereocenters. The van der Waals surface area contributed by atoms with Crippen LogP contribution in [0.15, 0.2) is 106 Å². The molecule has 0 radical (unpaired) electrons. The van der Waals surface area contributed by atoms with E-state index in [0.717, 1.165) is 15.2 Å². The summed E-state index contributed by atoms with van der Waals surface area (Å²) in [6.45, 7) is 11.3. The van der Waals surface area contributed by atoms with Gasteiger partial charge in [-0.3, -0.25) is 9.05 Å². The Morgan fingerprint density at radius 3 is 1.56 bits per heavy atom. The second-order valence-electron chi connectivity index (χ2n) is 20.4. The summed E-state index contributed by atoms with van der Waals surface area (Å²) in [6, 6.07) is 11.8. The number of nitrogens with zero attached hydrogens (tertiary/aromatic N) is 12. The number of sulfone groups is 1. The summed E-state index contributed by atoms with van der Waals surface area (Å²) >= 11 is 9.16. The van der Waals surface area contributed by atoms with Gasteiger partial charge in [0, 0.05) is 18.5 Å². The summed E-state index contributed by atoms with van der Waals surface area (Å²) in [5.74, 6) is -3.42. The van der Waals surface area contributed by atoms with Crippen LogP contribution in [0.3, 0.4) is 0 Å². The van der Waals surface area contributed by atoms with Crippen LogP contribution >= 0.6 is 47.8 Å². The maximum Gasteiger partial charge on any atom is 1.00 e. The van der Waals surface area contributed by atoms with Crippen LogP contribution in [0, 0.1) is 33.5 Å². The molecule has 0 fully saturated rings. The molecular formula is C51H62Br3F3N15NaO17S3. The summed E-state index contributed by atoms with van der Waals surface area (Å²) in [5, 5.41) is 52.4. The van der Waals surface area contributed by atoms with Gasteiger partial charge in [0.1, 0.15) is 34.6 Å². The molecule has 0 saturated carbocycles. The Morgan fingerprint density at radius 2 is 1.10 bits per heavy atom. The molecule has 42 heteroatoms. The molecule has 0 aliphatic carbocycles. The average molecular weight is 1570 g/mol. The molecule has 504 valence electrons. The van der Waals surface area contributed by atoms with Gasteiger partial charge in [-0.05, 0) is 207 Å². The molecule has 0 aliphatic heterocycles. The number of unbranched alkanes of at least 4 members (excludes halogenated alkanes) is 2. The minimum absolute atomic E-state index is 0. The predicted molar refractivity (Wildman–Crippen MR) is 332 cm³/mol. The van der Waals surface area contributed by atoms with Gasteiger partial charge < -0.3 is 26.5 Å². The normalized spacial score (nSPS) is 11.7. The number of nitrogens with one attached hydrogen (secondary N) is 2. The van der Waals surface area contributed by atoms with Gasteiger partial charge in [-0.15, -0.1) is 4.63 Å². The van der Waals surface area contributed by atoms with Crippen LogP contribution in [0.5, 0.6) is 0 Å². The zero-order valence-electron chi connectivity index (χ0n) is 50.6. The smallest absolute Gasteiger partial charge is 0.870 e. The fraction of sp³-hybridized carbons (Fsp3) is 0.431. The molecule has 8 aromatic rings. The SMILES string of the molecule is CC(C)CS(=O)(=O)CCCN.CC(C)NS(=O)(=O)CCCCc1nonc1-c1noc(=O)n1-c1ccc(F)c(Br)c1.CC(C)NS(=O)(=O)CCCCc1nonc1/C(Cc1ccc(F)c(Br)c1)=N/O.O=c1onc(-c2nonc2[N+](=O)[O-])n1-c1ccc(F)c(Br)c1.[Na+].[OH-]. The van der Waals surface area contributed by atoms with E-state index >= 15 is 0 Å². The third-order valence-corrected chi connectivity index (χ3v) is 18.9. The second-order valence-corrected chi connectivity index (χ2v) is 29.0. The predicted octanol–water partition coefficient (Wildman–Crippen LogP) is 4.39. The number of nitrogens with two attached hydrogens (primary N) is 1. The molecule has 5 aromatic heterocycles. The first-order valence-corrected chi connectivity index (χ1v) is 34.6. The zero-order chi connectivity index (χ0) is 67.4. The molecule has 0 aliphatic rings. The largest absolute Gasteiger partial charge is 1.00 e. The van der Waals surface area contributed by atoms with E-state index in [2.05, 4.69) is 113 Å². The second kappa shape index (κ2) is 37.7. The monoisotopic (exact) mass is 1570 g/mol. The van der Waals surface area contributed by atoms with Crippen LogP contribution in [-0.4, -0.2) is 139 Å². The number of hydrogen-bond donors (Lipinski definition) is 4. The van der Waals surface area contributed by atoms with Gasteiger partial charge in [-0.25, -0.2) is 75.9 Å². The van der Waals surface area contributed by atoms with Crippen molar-refractivity contribution in [3.63, 3.8) is 0 Å². The van der Waals surface area contributed by atoms with Crippen molar-refractivity contribution in [2.24, 2.45) is 16.8 Å². The van der Waals surface area contributed by atoms with E-state index in [1.54, 1.807) is 39.8 Å². The molecular weight excluding hydrogens is 1510 g/mol. The summed E-state index contributed by atoms with van der Waals surface area (Å²) in [7, 11) is -9.48. The molecule has 0 bridgehead atoms. The molecule has 93 heavy (non-hydrogen) atoms. The zero-order valence-corrected chi connectivity index (χ0v) is 59.8. The fourth-order valence-electron chi connectivity index (χ4n) is 7.99. The van der Waals surface area contributed by atoms with Crippen molar-refractivity contribution in [3.8, 4) is 34.4 Å². The first-order valence-electron chi connectivity index (χ1n) is 27.1. The van der Waals surface area contributed by atoms with Crippen molar-refractivity contribution >= 4 is 89.2 Å². The molecule has 3 aromatic carbocycles. The number of sulfonamides is 2. The van der Waals surface area contributed by atoms with E-state index in [9.17, 15) is 63.3 Å². The number of rotatable bonds is 27. The Bertz CT molecular complexity index is 4240. The Labute approximate surface area is 576 Å². The maximum absolute atomic E-state index is 13.5. The fourth-order valence-corrected chi connectivity index (χ4v) is 13.8. The molecule has 32 nitrogen and oxygen atoms in total. The Kier molecular flexibility index (Phi) is 32.9. The Balaban J connectivity index is 0.000000336. The molecule has 0 saturated heterocycles. The van der Waals surface area contributed by atoms with Crippen LogP contribution < -0.4 is 56.2 Å². The van der Waals surface area contributed by atoms with Gasteiger partial charge in [0.25, 0.3) is 5.69 Å². The topological polar surface area (TPSA) is 471 Å². The van der Waals surface area contributed by atoms with Crippen molar-refractivity contribution in [1.29, 1.82) is 0 Å². The molecule has 0 atom stereocenters. The van der Waals surface area contributed by atoms with Crippen LogP contribution in [-0.2, 0) is 49.1 Å². The van der Waals surface area contributed by atoms with Crippen LogP contribution in [0.25, 0.3) is 34.4 Å². The van der Waals surface area contributed by atoms with E-state index in [1.807, 2.05) is 13.8 Å². The van der Waals surface area contributed by atoms with Crippen molar-refractivity contribution < 1.29 is 107 Å². The van der Waals surface area contributed by atoms with E-state index in [-0.39, 0.29) is 120 Å². The number of aromatic nitrogens is 10. The summed E-state index contributed by atoms with van der Waals surface area (Å²) in [6.07, 6.45) is 3.41. The Hall–Kier alpha value is -6.25. The van der Waals surface area contributed by atoms with E-state index in [0.29, 0.717) is 84.3 Å². The summed E-state index contributed by atoms with van der Waals surface area (Å²) in [5.41, 5.74) is 7.57. The van der Waals surface area contributed by atoms with E-state index < -0.39 is 75.3 Å². The van der Waals surface area contributed by atoms with E-state index in [1.165, 1.54) is 36.4 Å². The van der Waals surface area contributed by atoms with Gasteiger partial charge in [0.05, 0.1) is 47.8 Å². The van der Waals surface area contributed by atoms with Gasteiger partial charge in [-0.1, -0.05) is 45.7 Å². The van der Waals surface area contributed by atoms with E-state index in [4.69, 9.17) is 19.5 Å². The van der Waals surface area contributed by atoms with Crippen LogP contribution in [0.1, 0.15) is 96.3 Å². The summed E-state index contributed by atoms with van der Waals surface area (Å²) < 4.78 is 141. The number of hydrogen-bond acceptors (Lipinski definition) is 27. The van der Waals surface area contributed by atoms with Crippen LogP contribution in [0.2, 0.25) is 0 Å². The van der Waals surface area contributed by atoms with Gasteiger partial charge >= 0.3 is 46.9 Å². The Morgan fingerprint density at radius 1 is 0.645 bits per heavy atom. The molecule has 6 N–H and O–H groups in total. The van der Waals surface area contributed by atoms with Gasteiger partial charge in [-0.2, -0.15) is 0 Å². The average Bonchev–Trinajstić information content (AvgIpc) is 1.69. The minimum Gasteiger partial charge on any atom is -0.870 e.